The number of aliphatic hydroxyl groups is 1. The van der Waals surface area contributed by atoms with Gasteiger partial charge in [0.25, 0.3) is 0 Å². The summed E-state index contributed by atoms with van der Waals surface area (Å²) in [6, 6.07) is 16.7. The first-order valence-electron chi connectivity index (χ1n) is 7.37. The highest BCUT2D eigenvalue weighted by Gasteiger charge is 2.04. The van der Waals surface area contributed by atoms with Gasteiger partial charge in [-0.3, -0.25) is 9.79 Å². The Morgan fingerprint density at radius 3 is 2.57 bits per heavy atom. The maximum Gasteiger partial charge on any atom is 0.221 e. The highest BCUT2D eigenvalue weighted by molar-refractivity contribution is 5.88. The topological polar surface area (TPSA) is 70.9 Å². The summed E-state index contributed by atoms with van der Waals surface area (Å²) < 4.78 is 5.49. The maximum atomic E-state index is 10.9. The quantitative estimate of drug-likeness (QED) is 0.772. The molecule has 0 saturated carbocycles. The minimum atomic E-state index is -0.676. The van der Waals surface area contributed by atoms with Gasteiger partial charge >= 0.3 is 0 Å². The Kier molecular flexibility index (Phi) is 6.32. The summed E-state index contributed by atoms with van der Waals surface area (Å²) >= 11 is 0. The third kappa shape index (κ3) is 6.32. The van der Waals surface area contributed by atoms with Crippen LogP contribution in [0.4, 0.5) is 5.69 Å². The number of nitrogens with zero attached hydrogens (tertiary/aromatic N) is 1. The van der Waals surface area contributed by atoms with E-state index in [0.29, 0.717) is 11.4 Å². The molecule has 1 amide bonds. The van der Waals surface area contributed by atoms with Crippen LogP contribution in [0, 0.1) is 0 Å². The largest absolute Gasteiger partial charge is 0.491 e. The fourth-order valence-electron chi connectivity index (χ4n) is 1.90. The number of ether oxygens (including phenoxy) is 1. The lowest BCUT2D eigenvalue weighted by atomic mass is 10.2. The molecule has 0 fully saturated rings. The number of aliphatic hydroxyl groups excluding tert-OH is 1. The normalized spacial score (nSPS) is 12.1. The Bertz CT molecular complexity index is 639. The van der Waals surface area contributed by atoms with Crippen LogP contribution in [0.5, 0.6) is 5.75 Å². The molecule has 23 heavy (non-hydrogen) atoms. The third-order valence-electron chi connectivity index (χ3n) is 2.97. The van der Waals surface area contributed by atoms with Gasteiger partial charge in [-0.25, -0.2) is 0 Å². The van der Waals surface area contributed by atoms with Crippen molar-refractivity contribution in [1.82, 2.24) is 0 Å². The van der Waals surface area contributed by atoms with E-state index < -0.39 is 6.10 Å². The minimum Gasteiger partial charge on any atom is -0.491 e. The van der Waals surface area contributed by atoms with Gasteiger partial charge in [0.2, 0.25) is 5.91 Å². The number of nitrogens with one attached hydrogen (secondary N) is 1. The van der Waals surface area contributed by atoms with E-state index in [1.165, 1.54) is 6.92 Å². The fourth-order valence-corrected chi connectivity index (χ4v) is 1.90. The van der Waals surface area contributed by atoms with Gasteiger partial charge < -0.3 is 15.2 Å². The number of carbonyl (C=O) groups is 1. The standard InChI is InChI=1S/C18H20N2O3/c1-14(21)20-16-7-9-18(10-8-16)23-13-17(22)12-19-11-15-5-3-2-4-6-15/h2-11,17,22H,12-13H2,1H3,(H,20,21). The van der Waals surface area contributed by atoms with Crippen molar-refractivity contribution in [2.75, 3.05) is 18.5 Å². The van der Waals surface area contributed by atoms with Gasteiger partial charge in [-0.15, -0.1) is 0 Å². The summed E-state index contributed by atoms with van der Waals surface area (Å²) in [6.07, 6.45) is 1.05. The zero-order chi connectivity index (χ0) is 16.5. The summed E-state index contributed by atoms with van der Waals surface area (Å²) in [6.45, 7) is 1.89. The molecule has 0 heterocycles. The van der Waals surface area contributed by atoms with Crippen LogP contribution in [0.1, 0.15) is 12.5 Å². The molecule has 1 unspecified atom stereocenters. The van der Waals surface area contributed by atoms with E-state index in [4.69, 9.17) is 4.74 Å². The summed E-state index contributed by atoms with van der Waals surface area (Å²) in [5.41, 5.74) is 1.70. The molecule has 5 nitrogen and oxygen atoms in total. The summed E-state index contributed by atoms with van der Waals surface area (Å²) in [7, 11) is 0. The molecule has 1 atom stereocenters. The van der Waals surface area contributed by atoms with Gasteiger partial charge in [0.1, 0.15) is 18.5 Å². The molecule has 2 aromatic carbocycles. The van der Waals surface area contributed by atoms with E-state index in [1.807, 2.05) is 30.3 Å². The van der Waals surface area contributed by atoms with Crippen molar-refractivity contribution in [2.45, 2.75) is 13.0 Å². The lowest BCUT2D eigenvalue weighted by Crippen LogP contribution is -2.20. The zero-order valence-electron chi connectivity index (χ0n) is 13.0. The first kappa shape index (κ1) is 16.7. The van der Waals surface area contributed by atoms with Gasteiger partial charge in [-0.2, -0.15) is 0 Å². The molecule has 5 heteroatoms. The van der Waals surface area contributed by atoms with Crippen molar-refractivity contribution in [3.8, 4) is 5.75 Å². The van der Waals surface area contributed by atoms with E-state index in [2.05, 4.69) is 10.3 Å². The predicted octanol–water partition coefficient (Wildman–Crippen LogP) is 2.50. The molecule has 0 saturated heterocycles. The monoisotopic (exact) mass is 312 g/mol. The number of carbonyl (C=O) groups excluding carboxylic acids is 1. The van der Waals surface area contributed by atoms with Crippen LogP contribution in [0.3, 0.4) is 0 Å². The van der Waals surface area contributed by atoms with Gasteiger partial charge in [0.05, 0.1) is 6.54 Å². The van der Waals surface area contributed by atoms with E-state index in [0.717, 1.165) is 5.56 Å². The Morgan fingerprint density at radius 1 is 1.22 bits per heavy atom. The molecule has 2 aromatic rings. The molecule has 2 N–H and O–H groups in total. The Morgan fingerprint density at radius 2 is 1.91 bits per heavy atom. The Hall–Kier alpha value is -2.66. The highest BCUT2D eigenvalue weighted by Crippen LogP contribution is 2.15. The van der Waals surface area contributed by atoms with Crippen molar-refractivity contribution in [3.05, 3.63) is 60.2 Å². The minimum absolute atomic E-state index is 0.120. The van der Waals surface area contributed by atoms with Crippen molar-refractivity contribution in [1.29, 1.82) is 0 Å². The first-order chi connectivity index (χ1) is 11.1. The number of hydrogen-bond acceptors (Lipinski definition) is 4. The average Bonchev–Trinajstić information content (AvgIpc) is 2.55. The fraction of sp³-hybridized carbons (Fsp3) is 0.222. The van der Waals surface area contributed by atoms with E-state index in [1.54, 1.807) is 30.5 Å². The number of hydrogen-bond donors (Lipinski definition) is 2. The van der Waals surface area contributed by atoms with Crippen molar-refractivity contribution in [3.63, 3.8) is 0 Å². The molecule has 120 valence electrons. The molecule has 0 radical (unpaired) electrons. The second-order valence-electron chi connectivity index (χ2n) is 5.08. The summed E-state index contributed by atoms with van der Waals surface area (Å²) in [5.74, 6) is 0.510. The average molecular weight is 312 g/mol. The van der Waals surface area contributed by atoms with E-state index >= 15 is 0 Å². The van der Waals surface area contributed by atoms with Crippen LogP contribution in [-0.2, 0) is 4.79 Å². The van der Waals surface area contributed by atoms with E-state index in [-0.39, 0.29) is 19.1 Å². The van der Waals surface area contributed by atoms with Gasteiger partial charge in [-0.05, 0) is 29.8 Å². The molecule has 0 aliphatic rings. The third-order valence-corrected chi connectivity index (χ3v) is 2.97. The summed E-state index contributed by atoms with van der Waals surface area (Å²) in [4.78, 5) is 15.1. The molecule has 0 bridgehead atoms. The van der Waals surface area contributed by atoms with Gasteiger partial charge in [0, 0.05) is 18.8 Å². The summed E-state index contributed by atoms with van der Waals surface area (Å²) in [5, 5.41) is 12.5. The SMILES string of the molecule is CC(=O)Nc1ccc(OCC(O)CN=Cc2ccccc2)cc1. The van der Waals surface area contributed by atoms with Crippen LogP contribution in [0.15, 0.2) is 59.6 Å². The molecular formula is C18H20N2O3. The second-order valence-corrected chi connectivity index (χ2v) is 5.08. The van der Waals surface area contributed by atoms with Crippen LogP contribution < -0.4 is 10.1 Å². The maximum absolute atomic E-state index is 10.9. The smallest absolute Gasteiger partial charge is 0.221 e. The highest BCUT2D eigenvalue weighted by atomic mass is 16.5. The Labute approximate surface area is 135 Å². The van der Waals surface area contributed by atoms with E-state index in [9.17, 15) is 9.90 Å². The predicted molar refractivity (Wildman–Crippen MR) is 91.2 cm³/mol. The van der Waals surface area contributed by atoms with Crippen LogP contribution >= 0.6 is 0 Å². The number of rotatable bonds is 7. The van der Waals surface area contributed by atoms with Gasteiger partial charge in [0.15, 0.2) is 0 Å². The lowest BCUT2D eigenvalue weighted by Gasteiger charge is -2.11. The number of benzene rings is 2. The number of aliphatic imine (C=N–C) groups is 1. The van der Waals surface area contributed by atoms with Gasteiger partial charge in [-0.1, -0.05) is 30.3 Å². The van der Waals surface area contributed by atoms with Crippen molar-refractivity contribution < 1.29 is 14.6 Å². The molecule has 0 aromatic heterocycles. The first-order valence-corrected chi connectivity index (χ1v) is 7.37. The van der Waals surface area contributed by atoms with Crippen LogP contribution in [0.2, 0.25) is 0 Å². The molecular weight excluding hydrogens is 292 g/mol. The zero-order valence-corrected chi connectivity index (χ0v) is 13.0. The van der Waals surface area contributed by atoms with Crippen LogP contribution in [0.25, 0.3) is 0 Å². The number of amides is 1. The second kappa shape index (κ2) is 8.70. The molecule has 0 aliphatic heterocycles. The molecule has 0 spiro atoms. The molecule has 2 rings (SSSR count). The Balaban J connectivity index is 1.74. The van der Waals surface area contributed by atoms with Crippen molar-refractivity contribution in [2.24, 2.45) is 4.99 Å². The number of anilines is 1. The van der Waals surface area contributed by atoms with Crippen molar-refractivity contribution >= 4 is 17.8 Å². The van der Waals surface area contributed by atoms with Crippen LogP contribution in [-0.4, -0.2) is 36.5 Å². The molecule has 0 aliphatic carbocycles. The lowest BCUT2D eigenvalue weighted by molar-refractivity contribution is -0.114.